The molecule has 0 aliphatic heterocycles. The van der Waals surface area contributed by atoms with Crippen molar-refractivity contribution < 1.29 is 0 Å². The maximum Gasteiger partial charge on any atom is 0.0934 e. The van der Waals surface area contributed by atoms with Crippen molar-refractivity contribution in [2.24, 2.45) is 0 Å². The molecule has 0 fully saturated rings. The normalized spacial score (nSPS) is 18.2. The highest BCUT2D eigenvalue weighted by molar-refractivity contribution is 7.16. The predicted molar refractivity (Wildman–Crippen MR) is 87.9 cm³/mol. The first-order valence-electron chi connectivity index (χ1n) is 7.13. The van der Waals surface area contributed by atoms with Crippen molar-refractivity contribution >= 4 is 22.9 Å². The fourth-order valence-electron chi connectivity index (χ4n) is 2.91. The van der Waals surface area contributed by atoms with E-state index in [9.17, 15) is 0 Å². The summed E-state index contributed by atoms with van der Waals surface area (Å²) < 4.78 is 0.920. The van der Waals surface area contributed by atoms with Crippen LogP contribution < -0.4 is 5.32 Å². The fraction of sp³-hybridized carbons (Fsp3) is 0.412. The van der Waals surface area contributed by atoms with E-state index in [2.05, 4.69) is 55.6 Å². The van der Waals surface area contributed by atoms with E-state index in [4.69, 9.17) is 11.6 Å². The molecule has 1 aromatic heterocycles. The van der Waals surface area contributed by atoms with E-state index in [1.807, 2.05) is 0 Å². The summed E-state index contributed by atoms with van der Waals surface area (Å²) >= 11 is 7.86. The second kappa shape index (κ2) is 5.51. The number of aryl methyl sites for hydroxylation is 1. The average Bonchev–Trinajstić information content (AvgIpc) is 2.97. The Morgan fingerprint density at radius 3 is 2.80 bits per heavy atom. The summed E-state index contributed by atoms with van der Waals surface area (Å²) in [6.07, 6.45) is 2.36. The summed E-state index contributed by atoms with van der Waals surface area (Å²) in [7, 11) is 0. The van der Waals surface area contributed by atoms with Gasteiger partial charge in [-0.3, -0.25) is 0 Å². The van der Waals surface area contributed by atoms with E-state index in [1.165, 1.54) is 22.4 Å². The van der Waals surface area contributed by atoms with E-state index in [0.717, 1.165) is 17.3 Å². The molecule has 20 heavy (non-hydrogen) atoms. The van der Waals surface area contributed by atoms with Crippen molar-refractivity contribution in [1.29, 1.82) is 0 Å². The summed E-state index contributed by atoms with van der Waals surface area (Å²) in [6.45, 7) is 5.58. The van der Waals surface area contributed by atoms with Crippen LogP contribution in [-0.2, 0) is 11.8 Å². The second-order valence-corrected chi connectivity index (χ2v) is 7.92. The minimum atomic E-state index is 0.143. The Morgan fingerprint density at radius 2 is 2.05 bits per heavy atom. The molecule has 1 atom stereocenters. The Balaban J connectivity index is 1.68. The maximum atomic E-state index is 6.12. The zero-order valence-corrected chi connectivity index (χ0v) is 13.5. The lowest BCUT2D eigenvalue weighted by atomic mass is 9.84. The molecular formula is C17H20ClNS. The van der Waals surface area contributed by atoms with E-state index in [1.54, 1.807) is 11.3 Å². The van der Waals surface area contributed by atoms with Crippen LogP contribution in [0.1, 0.15) is 42.3 Å². The highest BCUT2D eigenvalue weighted by atomic mass is 35.5. The van der Waals surface area contributed by atoms with Crippen LogP contribution in [0.25, 0.3) is 0 Å². The first-order valence-corrected chi connectivity index (χ1v) is 8.33. The van der Waals surface area contributed by atoms with Gasteiger partial charge in [-0.15, -0.1) is 11.3 Å². The third kappa shape index (κ3) is 2.78. The van der Waals surface area contributed by atoms with Crippen LogP contribution in [0, 0.1) is 0 Å². The lowest BCUT2D eigenvalue weighted by Gasteiger charge is -2.28. The van der Waals surface area contributed by atoms with E-state index in [0.29, 0.717) is 6.04 Å². The second-order valence-electron chi connectivity index (χ2n) is 6.15. The molecule has 0 saturated heterocycles. The molecule has 0 amide bonds. The zero-order chi connectivity index (χ0) is 14.2. The SMILES string of the molecule is CC(C)(CNC1CCc2sc(Cl)cc21)c1ccccc1. The van der Waals surface area contributed by atoms with Gasteiger partial charge in [0.2, 0.25) is 0 Å². The van der Waals surface area contributed by atoms with Gasteiger partial charge in [-0.05, 0) is 30.0 Å². The topological polar surface area (TPSA) is 12.0 Å². The van der Waals surface area contributed by atoms with E-state index >= 15 is 0 Å². The molecule has 1 heterocycles. The highest BCUT2D eigenvalue weighted by Gasteiger charge is 2.27. The van der Waals surface area contributed by atoms with Gasteiger partial charge in [0.25, 0.3) is 0 Å². The lowest BCUT2D eigenvalue weighted by molar-refractivity contribution is 0.421. The van der Waals surface area contributed by atoms with E-state index < -0.39 is 0 Å². The Bertz CT molecular complexity index is 588. The van der Waals surface area contributed by atoms with Gasteiger partial charge in [0.15, 0.2) is 0 Å². The minimum Gasteiger partial charge on any atom is -0.309 e. The minimum absolute atomic E-state index is 0.143. The standard InChI is InChI=1S/C17H20ClNS/c1-17(2,12-6-4-3-5-7-12)11-19-14-8-9-15-13(14)10-16(18)20-15/h3-7,10,14,19H,8-9,11H2,1-2H3. The van der Waals surface area contributed by atoms with Crippen molar-refractivity contribution in [3.05, 3.63) is 56.7 Å². The molecule has 1 N–H and O–H groups in total. The Morgan fingerprint density at radius 1 is 1.30 bits per heavy atom. The highest BCUT2D eigenvalue weighted by Crippen LogP contribution is 2.39. The van der Waals surface area contributed by atoms with Crippen LogP contribution in [0.4, 0.5) is 0 Å². The third-order valence-corrected chi connectivity index (χ3v) is 5.53. The molecule has 2 aromatic rings. The van der Waals surface area contributed by atoms with E-state index in [-0.39, 0.29) is 5.41 Å². The quantitative estimate of drug-likeness (QED) is 0.842. The summed E-state index contributed by atoms with van der Waals surface area (Å²) in [5, 5.41) is 3.74. The van der Waals surface area contributed by atoms with Crippen molar-refractivity contribution in [3.63, 3.8) is 0 Å². The molecule has 0 bridgehead atoms. The van der Waals surface area contributed by atoms with Crippen LogP contribution in [0.3, 0.4) is 0 Å². The lowest BCUT2D eigenvalue weighted by Crippen LogP contribution is -2.34. The molecule has 1 nitrogen and oxygen atoms in total. The average molecular weight is 306 g/mol. The number of hydrogen-bond donors (Lipinski definition) is 1. The fourth-order valence-corrected chi connectivity index (χ4v) is 4.27. The molecule has 1 aromatic carbocycles. The smallest absolute Gasteiger partial charge is 0.0934 e. The number of rotatable bonds is 4. The molecule has 1 aliphatic rings. The number of halogens is 1. The number of thiophene rings is 1. The van der Waals surface area contributed by atoms with Crippen LogP contribution in [0.15, 0.2) is 36.4 Å². The summed E-state index contributed by atoms with van der Waals surface area (Å²) in [6, 6.07) is 13.3. The van der Waals surface area contributed by atoms with Crippen molar-refractivity contribution in [3.8, 4) is 0 Å². The van der Waals surface area contributed by atoms with Crippen molar-refractivity contribution in [1.82, 2.24) is 5.32 Å². The first kappa shape index (κ1) is 14.1. The van der Waals surface area contributed by atoms with Gasteiger partial charge in [-0.25, -0.2) is 0 Å². The zero-order valence-electron chi connectivity index (χ0n) is 11.9. The van der Waals surface area contributed by atoms with Gasteiger partial charge in [-0.1, -0.05) is 55.8 Å². The number of nitrogens with one attached hydrogen (secondary N) is 1. The molecule has 106 valence electrons. The van der Waals surface area contributed by atoms with Gasteiger partial charge >= 0.3 is 0 Å². The van der Waals surface area contributed by atoms with Crippen LogP contribution in [-0.4, -0.2) is 6.54 Å². The molecule has 1 aliphatic carbocycles. The monoisotopic (exact) mass is 305 g/mol. The number of fused-ring (bicyclic) bond motifs is 1. The Labute approximate surface area is 130 Å². The van der Waals surface area contributed by atoms with Crippen LogP contribution >= 0.6 is 22.9 Å². The maximum absolute atomic E-state index is 6.12. The third-order valence-electron chi connectivity index (χ3n) is 4.19. The van der Waals surface area contributed by atoms with Gasteiger partial charge in [0.05, 0.1) is 4.34 Å². The van der Waals surface area contributed by atoms with Crippen LogP contribution in [0.2, 0.25) is 4.34 Å². The summed E-state index contributed by atoms with van der Waals surface area (Å²) in [5.74, 6) is 0. The van der Waals surface area contributed by atoms with Crippen molar-refractivity contribution in [2.75, 3.05) is 6.54 Å². The van der Waals surface area contributed by atoms with Crippen LogP contribution in [0.5, 0.6) is 0 Å². The van der Waals surface area contributed by atoms with Crippen molar-refractivity contribution in [2.45, 2.75) is 38.1 Å². The summed E-state index contributed by atoms with van der Waals surface area (Å²) in [4.78, 5) is 1.46. The number of hydrogen-bond acceptors (Lipinski definition) is 2. The van der Waals surface area contributed by atoms with Gasteiger partial charge < -0.3 is 5.32 Å². The number of benzene rings is 1. The molecule has 0 saturated carbocycles. The first-order chi connectivity index (χ1) is 9.56. The molecule has 0 spiro atoms. The van der Waals surface area contributed by atoms with Gasteiger partial charge in [-0.2, -0.15) is 0 Å². The summed E-state index contributed by atoms with van der Waals surface area (Å²) in [5.41, 5.74) is 2.95. The molecule has 1 unspecified atom stereocenters. The molecular weight excluding hydrogens is 286 g/mol. The van der Waals surface area contributed by atoms with Gasteiger partial charge in [0, 0.05) is 22.9 Å². The molecule has 3 rings (SSSR count). The predicted octanol–water partition coefficient (Wildman–Crippen LogP) is 4.96. The molecule has 0 radical (unpaired) electrons. The van der Waals surface area contributed by atoms with Gasteiger partial charge in [0.1, 0.15) is 0 Å². The Hall–Kier alpha value is -0.830. The Kier molecular flexibility index (Phi) is 3.89. The molecule has 3 heteroatoms. The largest absolute Gasteiger partial charge is 0.309 e.